The fourth-order valence-electron chi connectivity index (χ4n) is 2.08. The van der Waals surface area contributed by atoms with Crippen molar-refractivity contribution in [3.63, 3.8) is 0 Å². The maximum absolute atomic E-state index is 12.3. The number of carbonyl (C=O) groups is 1. The molecule has 0 amide bonds. The Balaban J connectivity index is 2.36. The van der Waals surface area contributed by atoms with E-state index in [4.69, 9.17) is 0 Å². The topological polar surface area (TPSA) is 64.7 Å². The summed E-state index contributed by atoms with van der Waals surface area (Å²) in [6, 6.07) is 16.7. The zero-order valence-electron chi connectivity index (χ0n) is 11.0. The number of hydrogen-bond donors (Lipinski definition) is 0. The van der Waals surface area contributed by atoms with Crippen LogP contribution in [0.1, 0.15) is 27.6 Å². The van der Waals surface area contributed by atoms with Crippen molar-refractivity contribution >= 4 is 33.0 Å². The molecule has 1 aromatic carbocycles. The Morgan fingerprint density at radius 3 is 2.38 bits per heavy atom. The van der Waals surface area contributed by atoms with E-state index in [0.29, 0.717) is 4.88 Å². The fourth-order valence-corrected chi connectivity index (χ4v) is 3.18. The lowest BCUT2D eigenvalue weighted by Crippen LogP contribution is -2.28. The molecule has 0 aliphatic heterocycles. The van der Waals surface area contributed by atoms with Gasteiger partial charge in [-0.3, -0.25) is 4.79 Å². The molecule has 1 heterocycles. The summed E-state index contributed by atoms with van der Waals surface area (Å²) in [5, 5.41) is 20.5. The summed E-state index contributed by atoms with van der Waals surface area (Å²) < 4.78 is -1.42. The number of ketones is 1. The van der Waals surface area contributed by atoms with Crippen molar-refractivity contribution in [2.45, 2.75) is 16.7 Å². The number of rotatable bonds is 5. The molecule has 21 heavy (non-hydrogen) atoms. The number of benzene rings is 1. The zero-order valence-corrected chi connectivity index (χ0v) is 13.4. The minimum atomic E-state index is -1.42. The van der Waals surface area contributed by atoms with Crippen LogP contribution in [0.5, 0.6) is 0 Å². The van der Waals surface area contributed by atoms with Gasteiger partial charge in [-0.1, -0.05) is 52.3 Å². The first kappa shape index (κ1) is 15.4. The third-order valence-corrected chi connectivity index (χ3v) is 5.01. The molecule has 0 saturated heterocycles. The van der Waals surface area contributed by atoms with Crippen LogP contribution in [0.15, 0.2) is 47.8 Å². The van der Waals surface area contributed by atoms with E-state index < -0.39 is 10.2 Å². The molecule has 3 nitrogen and oxygen atoms in total. The van der Waals surface area contributed by atoms with Gasteiger partial charge in [0.1, 0.15) is 0 Å². The standard InChI is InChI=1S/C16H11BrN2OS/c17-16(10-18,11-19)13(12-5-2-1-3-6-12)9-14(20)15-7-4-8-21-15/h1-8,13H,9H2/t13-/m1/s1. The van der Waals surface area contributed by atoms with Crippen LogP contribution in [0, 0.1) is 22.7 Å². The summed E-state index contributed by atoms with van der Waals surface area (Å²) in [6.07, 6.45) is 0.108. The van der Waals surface area contributed by atoms with E-state index in [1.54, 1.807) is 6.07 Å². The largest absolute Gasteiger partial charge is 0.293 e. The summed E-state index contributed by atoms with van der Waals surface area (Å²) in [5.41, 5.74) is 0.794. The van der Waals surface area contributed by atoms with Crippen molar-refractivity contribution < 1.29 is 4.79 Å². The van der Waals surface area contributed by atoms with Crippen molar-refractivity contribution in [2.75, 3.05) is 0 Å². The highest BCUT2D eigenvalue weighted by Crippen LogP contribution is 2.38. The lowest BCUT2D eigenvalue weighted by Gasteiger charge is -2.23. The zero-order chi connectivity index (χ0) is 15.3. The second-order valence-corrected chi connectivity index (χ2v) is 6.70. The average molecular weight is 359 g/mol. The SMILES string of the molecule is N#CC(Br)(C#N)[C@H](CC(=O)c1cccs1)c1ccccc1. The summed E-state index contributed by atoms with van der Waals surface area (Å²) in [7, 11) is 0. The number of nitrogens with zero attached hydrogens (tertiary/aromatic N) is 2. The Kier molecular flexibility index (Phi) is 4.90. The molecule has 0 N–H and O–H groups in total. The summed E-state index contributed by atoms with van der Waals surface area (Å²) in [6.45, 7) is 0. The van der Waals surface area contributed by atoms with Gasteiger partial charge in [-0.05, 0) is 17.0 Å². The first-order chi connectivity index (χ1) is 10.1. The second kappa shape index (κ2) is 6.67. The normalized spacial score (nSPS) is 12.1. The molecule has 104 valence electrons. The number of Topliss-reactive ketones (excluding diaryl/α,β-unsaturated/α-hetero) is 1. The maximum Gasteiger partial charge on any atom is 0.204 e. The Bertz CT molecular complexity index is 684. The van der Waals surface area contributed by atoms with Crippen LogP contribution in [0.3, 0.4) is 0 Å². The third kappa shape index (κ3) is 3.39. The van der Waals surface area contributed by atoms with E-state index in [1.807, 2.05) is 53.9 Å². The molecule has 0 aliphatic carbocycles. The Hall–Kier alpha value is -1.95. The Labute approximate surface area is 135 Å². The molecule has 2 aromatic rings. The van der Waals surface area contributed by atoms with E-state index >= 15 is 0 Å². The molecule has 0 spiro atoms. The maximum atomic E-state index is 12.3. The van der Waals surface area contributed by atoms with Gasteiger partial charge in [-0.15, -0.1) is 11.3 Å². The van der Waals surface area contributed by atoms with Gasteiger partial charge in [0.2, 0.25) is 4.32 Å². The average Bonchev–Trinajstić information content (AvgIpc) is 3.07. The number of alkyl halides is 1. The van der Waals surface area contributed by atoms with Crippen LogP contribution >= 0.6 is 27.3 Å². The smallest absolute Gasteiger partial charge is 0.204 e. The van der Waals surface area contributed by atoms with E-state index in [9.17, 15) is 15.3 Å². The van der Waals surface area contributed by atoms with Crippen LogP contribution in [0.2, 0.25) is 0 Å². The number of halogens is 1. The van der Waals surface area contributed by atoms with Crippen molar-refractivity contribution in [2.24, 2.45) is 0 Å². The number of hydrogen-bond acceptors (Lipinski definition) is 4. The van der Waals surface area contributed by atoms with Gasteiger partial charge in [-0.25, -0.2) is 0 Å². The van der Waals surface area contributed by atoms with Crippen molar-refractivity contribution in [3.8, 4) is 12.1 Å². The van der Waals surface area contributed by atoms with E-state index in [1.165, 1.54) is 11.3 Å². The van der Waals surface area contributed by atoms with Gasteiger partial charge < -0.3 is 0 Å². The molecule has 1 atom stereocenters. The first-order valence-electron chi connectivity index (χ1n) is 6.24. The quantitative estimate of drug-likeness (QED) is 0.591. The number of nitriles is 2. The van der Waals surface area contributed by atoms with E-state index in [-0.39, 0.29) is 12.2 Å². The van der Waals surface area contributed by atoms with Gasteiger partial charge in [0.25, 0.3) is 0 Å². The minimum Gasteiger partial charge on any atom is -0.293 e. The molecule has 0 saturated carbocycles. The predicted molar refractivity (Wildman–Crippen MR) is 85.3 cm³/mol. The first-order valence-corrected chi connectivity index (χ1v) is 7.91. The fraction of sp³-hybridized carbons (Fsp3) is 0.188. The number of thiophene rings is 1. The molecular weight excluding hydrogens is 348 g/mol. The summed E-state index contributed by atoms with van der Waals surface area (Å²) in [5.74, 6) is -0.587. The highest BCUT2D eigenvalue weighted by Gasteiger charge is 2.39. The number of carbonyl (C=O) groups excluding carboxylic acids is 1. The Morgan fingerprint density at radius 2 is 1.86 bits per heavy atom. The molecular formula is C16H11BrN2OS. The molecule has 2 rings (SSSR count). The molecule has 5 heteroatoms. The van der Waals surface area contributed by atoms with Crippen molar-refractivity contribution in [1.82, 2.24) is 0 Å². The van der Waals surface area contributed by atoms with Crippen LogP contribution < -0.4 is 0 Å². The highest BCUT2D eigenvalue weighted by atomic mass is 79.9. The molecule has 1 aromatic heterocycles. The van der Waals surface area contributed by atoms with Gasteiger partial charge in [-0.2, -0.15) is 10.5 Å². The molecule has 0 radical (unpaired) electrons. The predicted octanol–water partition coefficient (Wildman–Crippen LogP) is 4.29. The lowest BCUT2D eigenvalue weighted by atomic mass is 9.83. The van der Waals surface area contributed by atoms with E-state index in [0.717, 1.165) is 5.56 Å². The van der Waals surface area contributed by atoms with Crippen molar-refractivity contribution in [3.05, 3.63) is 58.3 Å². The molecule has 0 aliphatic rings. The second-order valence-electron chi connectivity index (χ2n) is 4.50. The highest BCUT2D eigenvalue weighted by molar-refractivity contribution is 9.10. The van der Waals surface area contributed by atoms with E-state index in [2.05, 4.69) is 15.9 Å². The van der Waals surface area contributed by atoms with Gasteiger partial charge >= 0.3 is 0 Å². The van der Waals surface area contributed by atoms with Crippen LogP contribution in [0.25, 0.3) is 0 Å². The van der Waals surface area contributed by atoms with Crippen LogP contribution in [0.4, 0.5) is 0 Å². The summed E-state index contributed by atoms with van der Waals surface area (Å²) in [4.78, 5) is 13.0. The van der Waals surface area contributed by atoms with Crippen LogP contribution in [-0.4, -0.2) is 10.1 Å². The minimum absolute atomic E-state index is 0.0619. The van der Waals surface area contributed by atoms with Crippen molar-refractivity contribution in [1.29, 1.82) is 10.5 Å². The Morgan fingerprint density at radius 1 is 1.19 bits per heavy atom. The van der Waals surface area contributed by atoms with Gasteiger partial charge in [0, 0.05) is 12.3 Å². The molecule has 0 bridgehead atoms. The summed E-state index contributed by atoms with van der Waals surface area (Å²) >= 11 is 4.57. The monoisotopic (exact) mass is 358 g/mol. The van der Waals surface area contributed by atoms with Gasteiger partial charge in [0.05, 0.1) is 17.0 Å². The lowest BCUT2D eigenvalue weighted by molar-refractivity contribution is 0.0976. The van der Waals surface area contributed by atoms with Crippen LogP contribution in [-0.2, 0) is 0 Å². The third-order valence-electron chi connectivity index (χ3n) is 3.19. The van der Waals surface area contributed by atoms with Gasteiger partial charge in [0.15, 0.2) is 5.78 Å². The molecule has 0 unspecified atom stereocenters. The molecule has 0 fully saturated rings.